The first-order valence-corrected chi connectivity index (χ1v) is 13.0. The number of ketones is 1. The summed E-state index contributed by atoms with van der Waals surface area (Å²) in [6, 6.07) is 3.68. The summed E-state index contributed by atoms with van der Waals surface area (Å²) in [4.78, 5) is 34.0. The van der Waals surface area contributed by atoms with Crippen LogP contribution in [0.15, 0.2) is 12.1 Å². The molecule has 5 rings (SSSR count). The fourth-order valence-electron chi connectivity index (χ4n) is 5.19. The van der Waals surface area contributed by atoms with Gasteiger partial charge in [-0.15, -0.1) is 11.3 Å². The minimum absolute atomic E-state index is 0.00899. The average Bonchev–Trinajstić information content (AvgIpc) is 3.44. The van der Waals surface area contributed by atoms with Crippen molar-refractivity contribution < 1.29 is 19.4 Å². The molecule has 3 heterocycles. The van der Waals surface area contributed by atoms with Gasteiger partial charge in [-0.1, -0.05) is 13.8 Å². The summed E-state index contributed by atoms with van der Waals surface area (Å²) in [6.45, 7) is 9.45. The summed E-state index contributed by atoms with van der Waals surface area (Å²) in [5.74, 6) is 0.684. The summed E-state index contributed by atoms with van der Waals surface area (Å²) in [5, 5.41) is 18.8. The van der Waals surface area contributed by atoms with Crippen molar-refractivity contribution in [3.05, 3.63) is 39.0 Å². The van der Waals surface area contributed by atoms with Crippen molar-refractivity contribution in [1.82, 2.24) is 20.1 Å². The fourth-order valence-corrected chi connectivity index (χ4v) is 6.54. The number of thiazole rings is 1. The number of amides is 1. The van der Waals surface area contributed by atoms with Crippen LogP contribution in [0.1, 0.15) is 76.5 Å². The van der Waals surface area contributed by atoms with E-state index >= 15 is 0 Å². The largest absolute Gasteiger partial charge is 0.491 e. The Morgan fingerprint density at radius 3 is 2.71 bits per heavy atom. The zero-order valence-electron chi connectivity index (χ0n) is 20.7. The third-order valence-electron chi connectivity index (χ3n) is 7.48. The first-order chi connectivity index (χ1) is 16.7. The Bertz CT molecular complexity index is 1300. The molecule has 1 aliphatic heterocycles. The third kappa shape index (κ3) is 4.14. The number of aliphatic hydroxyl groups excluding tert-OH is 1. The molecule has 1 amide bonds. The second-order valence-electron chi connectivity index (χ2n) is 10.6. The number of aliphatic hydroxyl groups is 1. The van der Waals surface area contributed by atoms with E-state index in [0.717, 1.165) is 45.7 Å². The number of likely N-dealkylation sites (tertiary alicyclic amines) is 1. The number of rotatable bonds is 5. The molecule has 1 spiro atoms. The second kappa shape index (κ2) is 8.71. The Morgan fingerprint density at radius 1 is 1.29 bits per heavy atom. The number of carbonyl (C=O) groups is 2. The lowest BCUT2D eigenvalue weighted by molar-refractivity contribution is 0.0521. The molecule has 9 heteroatoms. The number of H-pyrrole nitrogens is 1. The van der Waals surface area contributed by atoms with E-state index in [9.17, 15) is 14.7 Å². The number of hydrogen-bond acceptors (Lipinski definition) is 7. The highest BCUT2D eigenvalue weighted by atomic mass is 32.1. The maximum atomic E-state index is 13.5. The maximum Gasteiger partial charge on any atom is 0.254 e. The number of benzene rings is 1. The molecule has 1 saturated heterocycles. The molecule has 2 N–H and O–H groups in total. The molecule has 8 nitrogen and oxygen atoms in total. The number of ether oxygens (including phenoxy) is 1. The molecule has 186 valence electrons. The lowest BCUT2D eigenvalue weighted by atomic mass is 9.68. The molecule has 0 radical (unpaired) electrons. The van der Waals surface area contributed by atoms with Crippen LogP contribution in [0.25, 0.3) is 10.9 Å². The monoisotopic (exact) mass is 496 g/mol. The molecular formula is C26H32N4O4S. The lowest BCUT2D eigenvalue weighted by Gasteiger charge is -2.43. The average molecular weight is 497 g/mol. The van der Waals surface area contributed by atoms with Crippen LogP contribution in [-0.4, -0.2) is 63.2 Å². The van der Waals surface area contributed by atoms with Crippen molar-refractivity contribution in [2.75, 3.05) is 26.3 Å². The van der Waals surface area contributed by atoms with Gasteiger partial charge in [0.25, 0.3) is 5.91 Å². The van der Waals surface area contributed by atoms with Gasteiger partial charge in [0.2, 0.25) is 0 Å². The number of hydrogen-bond donors (Lipinski definition) is 2. The number of nitrogens with zero attached hydrogens (tertiary/aromatic N) is 3. The van der Waals surface area contributed by atoms with Crippen LogP contribution in [0.3, 0.4) is 0 Å². The van der Waals surface area contributed by atoms with Gasteiger partial charge in [0.1, 0.15) is 22.0 Å². The molecule has 35 heavy (non-hydrogen) atoms. The topological polar surface area (TPSA) is 108 Å². The van der Waals surface area contributed by atoms with Crippen LogP contribution in [0, 0.1) is 12.3 Å². The summed E-state index contributed by atoms with van der Waals surface area (Å²) in [7, 11) is 0. The van der Waals surface area contributed by atoms with Gasteiger partial charge in [-0.05, 0) is 50.7 Å². The van der Waals surface area contributed by atoms with Gasteiger partial charge >= 0.3 is 0 Å². The summed E-state index contributed by atoms with van der Waals surface area (Å²) >= 11 is 1.56. The van der Waals surface area contributed by atoms with Gasteiger partial charge in [0, 0.05) is 46.4 Å². The fraction of sp³-hybridized carbons (Fsp3) is 0.538. The molecule has 0 saturated carbocycles. The van der Waals surface area contributed by atoms with Crippen LogP contribution in [0.2, 0.25) is 0 Å². The SMILES string of the molecule is CCOc1cc(C(=O)N2CCC3(CC2)CC(=O)c2nc(C(C)(C)CO)sc2C3)cc2c(C)[nH]nc12. The van der Waals surface area contributed by atoms with E-state index in [1.807, 2.05) is 38.7 Å². The van der Waals surface area contributed by atoms with Crippen molar-refractivity contribution in [3.63, 3.8) is 0 Å². The lowest BCUT2D eigenvalue weighted by Crippen LogP contribution is -2.46. The molecule has 0 bridgehead atoms. The Morgan fingerprint density at radius 2 is 2.03 bits per heavy atom. The van der Waals surface area contributed by atoms with Gasteiger partial charge in [0.05, 0.1) is 13.2 Å². The number of nitrogens with one attached hydrogen (secondary N) is 1. The molecule has 1 aliphatic carbocycles. The first kappa shape index (κ1) is 23.9. The van der Waals surface area contributed by atoms with Crippen LogP contribution >= 0.6 is 11.3 Å². The van der Waals surface area contributed by atoms with Crippen LogP contribution in [0.5, 0.6) is 5.75 Å². The van der Waals surface area contributed by atoms with Crippen molar-refractivity contribution in [2.45, 2.75) is 58.8 Å². The summed E-state index contributed by atoms with van der Waals surface area (Å²) < 4.78 is 5.77. The Hall–Kier alpha value is -2.78. The highest BCUT2D eigenvalue weighted by Crippen LogP contribution is 2.46. The minimum atomic E-state index is -0.458. The van der Waals surface area contributed by atoms with Gasteiger partial charge in [-0.25, -0.2) is 4.98 Å². The Labute approximate surface area is 208 Å². The number of fused-ring (bicyclic) bond motifs is 2. The number of Topliss-reactive ketones (excluding diaryl/α,β-unsaturated/α-hetero) is 1. The van der Waals surface area contributed by atoms with Crippen molar-refractivity contribution >= 4 is 33.9 Å². The Kier molecular flexibility index (Phi) is 5.96. The highest BCUT2D eigenvalue weighted by molar-refractivity contribution is 7.12. The van der Waals surface area contributed by atoms with Gasteiger partial charge in [-0.2, -0.15) is 5.10 Å². The molecule has 2 aromatic heterocycles. The smallest absolute Gasteiger partial charge is 0.254 e. The molecule has 3 aromatic rings. The molecule has 0 atom stereocenters. The summed E-state index contributed by atoms with van der Waals surface area (Å²) in [6.07, 6.45) is 2.85. The van der Waals surface area contributed by atoms with E-state index in [2.05, 4.69) is 15.2 Å². The van der Waals surface area contributed by atoms with Crippen LogP contribution in [0.4, 0.5) is 0 Å². The van der Waals surface area contributed by atoms with Crippen molar-refractivity contribution in [2.24, 2.45) is 5.41 Å². The van der Waals surface area contributed by atoms with E-state index in [1.165, 1.54) is 0 Å². The van der Waals surface area contributed by atoms with E-state index in [0.29, 0.717) is 43.1 Å². The normalized spacial score (nSPS) is 17.7. The standard InChI is InChI=1S/C26H32N4O4S/c1-5-34-19-11-16(10-17-15(2)28-29-21(17)19)23(33)30-8-6-26(7-9-30)12-18(32)22-20(13-26)35-24(27-22)25(3,4)14-31/h10-11,31H,5-9,12-14H2,1-4H3,(H,28,29). The molecule has 0 unspecified atom stereocenters. The number of carbonyl (C=O) groups excluding carboxylic acids is 2. The molecule has 1 aromatic carbocycles. The first-order valence-electron chi connectivity index (χ1n) is 12.2. The molecule has 2 aliphatic rings. The van der Waals surface area contributed by atoms with E-state index in [4.69, 9.17) is 4.74 Å². The number of aromatic nitrogens is 3. The Balaban J connectivity index is 1.34. The number of aromatic amines is 1. The number of piperidine rings is 1. The third-order valence-corrected chi connectivity index (χ3v) is 8.90. The van der Waals surface area contributed by atoms with Gasteiger partial charge < -0.3 is 14.7 Å². The zero-order valence-corrected chi connectivity index (χ0v) is 21.5. The van der Waals surface area contributed by atoms with Crippen molar-refractivity contribution in [1.29, 1.82) is 0 Å². The maximum absolute atomic E-state index is 13.5. The van der Waals surface area contributed by atoms with E-state index in [-0.39, 0.29) is 23.7 Å². The van der Waals surface area contributed by atoms with Crippen LogP contribution < -0.4 is 4.74 Å². The van der Waals surface area contributed by atoms with Gasteiger partial charge in [0.15, 0.2) is 5.78 Å². The summed E-state index contributed by atoms with van der Waals surface area (Å²) in [5.41, 5.74) is 2.24. The second-order valence-corrected chi connectivity index (χ2v) is 11.6. The predicted molar refractivity (Wildman–Crippen MR) is 134 cm³/mol. The molecular weight excluding hydrogens is 464 g/mol. The minimum Gasteiger partial charge on any atom is -0.491 e. The van der Waals surface area contributed by atoms with Gasteiger partial charge in [-0.3, -0.25) is 14.7 Å². The quantitative estimate of drug-likeness (QED) is 0.552. The van der Waals surface area contributed by atoms with Crippen LogP contribution in [-0.2, 0) is 11.8 Å². The highest BCUT2D eigenvalue weighted by Gasteiger charge is 2.44. The van der Waals surface area contributed by atoms with E-state index in [1.54, 1.807) is 17.4 Å². The van der Waals surface area contributed by atoms with E-state index < -0.39 is 5.41 Å². The van der Waals surface area contributed by atoms with Crippen molar-refractivity contribution in [3.8, 4) is 5.75 Å². The zero-order chi connectivity index (χ0) is 25.0. The number of aryl methyl sites for hydroxylation is 1. The predicted octanol–water partition coefficient (Wildman–Crippen LogP) is 4.05. The molecule has 1 fully saturated rings.